The molecule has 0 spiro atoms. The molecule has 1 rings (SSSR count). The molecular weight excluding hydrogens is 195 g/mol. The highest BCUT2D eigenvalue weighted by Gasteiger charge is 2.09. The molecule has 0 atom stereocenters. The Bertz CT molecular complexity index is 411. The van der Waals surface area contributed by atoms with Gasteiger partial charge in [-0.3, -0.25) is 0 Å². The zero-order chi connectivity index (χ0) is 10.1. The summed E-state index contributed by atoms with van der Waals surface area (Å²) in [6.45, 7) is -0.435. The van der Waals surface area contributed by atoms with Gasteiger partial charge in [-0.15, -0.1) is 0 Å². The molecule has 0 amide bonds. The minimum Gasteiger partial charge on any atom is -0.392 e. The maximum Gasteiger partial charge on any atom is 0.175 e. The van der Waals surface area contributed by atoms with Gasteiger partial charge in [0.1, 0.15) is 5.82 Å². The molecule has 1 aromatic carbocycles. The first-order valence-corrected chi connectivity index (χ1v) is 5.43. The first-order valence-electron chi connectivity index (χ1n) is 3.54. The van der Waals surface area contributed by atoms with E-state index >= 15 is 0 Å². The van der Waals surface area contributed by atoms with E-state index in [9.17, 15) is 12.8 Å². The lowest BCUT2D eigenvalue weighted by Gasteiger charge is -2.01. The summed E-state index contributed by atoms with van der Waals surface area (Å²) in [4.78, 5) is -0.0813. The maximum atomic E-state index is 13.0. The highest BCUT2D eigenvalue weighted by atomic mass is 32.2. The average molecular weight is 204 g/mol. The van der Waals surface area contributed by atoms with Crippen LogP contribution in [0.1, 0.15) is 5.56 Å². The molecule has 1 aromatic rings. The monoisotopic (exact) mass is 204 g/mol. The fourth-order valence-electron chi connectivity index (χ4n) is 0.887. The van der Waals surface area contributed by atoms with Gasteiger partial charge in [-0.2, -0.15) is 0 Å². The molecular formula is C8H9FO3S. The second-order valence-electron chi connectivity index (χ2n) is 2.68. The number of hydrogen-bond donors (Lipinski definition) is 1. The molecule has 0 aliphatic rings. The topological polar surface area (TPSA) is 54.4 Å². The highest BCUT2D eigenvalue weighted by Crippen LogP contribution is 2.14. The van der Waals surface area contributed by atoms with Crippen LogP contribution in [0.15, 0.2) is 23.1 Å². The molecule has 0 saturated heterocycles. The standard InChI is InChI=1S/C8H9FO3S/c1-13(11,12)7-3-2-6(5-10)8(9)4-7/h2-4,10H,5H2,1H3. The number of aliphatic hydroxyl groups is 1. The third-order valence-corrected chi connectivity index (χ3v) is 2.73. The number of hydrogen-bond acceptors (Lipinski definition) is 3. The van der Waals surface area contributed by atoms with Crippen molar-refractivity contribution < 1.29 is 17.9 Å². The third kappa shape index (κ3) is 2.26. The van der Waals surface area contributed by atoms with Crippen molar-refractivity contribution in [2.75, 3.05) is 6.26 Å². The quantitative estimate of drug-likeness (QED) is 0.772. The van der Waals surface area contributed by atoms with Crippen LogP contribution in [0.2, 0.25) is 0 Å². The lowest BCUT2D eigenvalue weighted by molar-refractivity contribution is 0.275. The van der Waals surface area contributed by atoms with Crippen molar-refractivity contribution in [2.45, 2.75) is 11.5 Å². The van der Waals surface area contributed by atoms with Gasteiger partial charge in [-0.05, 0) is 12.1 Å². The van der Waals surface area contributed by atoms with E-state index < -0.39 is 22.3 Å². The summed E-state index contributed by atoms with van der Waals surface area (Å²) >= 11 is 0. The minimum atomic E-state index is -3.37. The van der Waals surface area contributed by atoms with Gasteiger partial charge in [0, 0.05) is 11.8 Å². The molecule has 72 valence electrons. The Morgan fingerprint density at radius 1 is 1.46 bits per heavy atom. The molecule has 0 unspecified atom stereocenters. The summed E-state index contributed by atoms with van der Waals surface area (Å²) in [6.07, 6.45) is 1.00. The second-order valence-corrected chi connectivity index (χ2v) is 4.70. The Labute approximate surface area is 75.7 Å². The predicted octanol–water partition coefficient (Wildman–Crippen LogP) is 0.722. The summed E-state index contributed by atoms with van der Waals surface area (Å²) < 4.78 is 34.9. The van der Waals surface area contributed by atoms with Gasteiger partial charge in [-0.1, -0.05) is 6.07 Å². The zero-order valence-electron chi connectivity index (χ0n) is 6.99. The SMILES string of the molecule is CS(=O)(=O)c1ccc(CO)c(F)c1. The van der Waals surface area contributed by atoms with Crippen LogP contribution >= 0.6 is 0 Å². The smallest absolute Gasteiger partial charge is 0.175 e. The van der Waals surface area contributed by atoms with Crippen LogP contribution in [-0.2, 0) is 16.4 Å². The second kappa shape index (κ2) is 3.43. The number of sulfone groups is 1. The van der Waals surface area contributed by atoms with E-state index in [1.807, 2.05) is 0 Å². The first-order chi connectivity index (χ1) is 5.95. The number of halogens is 1. The molecule has 0 bridgehead atoms. The number of benzene rings is 1. The van der Waals surface area contributed by atoms with E-state index in [2.05, 4.69) is 0 Å². The summed E-state index contributed by atoms with van der Waals surface area (Å²) in [7, 11) is -3.37. The van der Waals surface area contributed by atoms with Gasteiger partial charge in [-0.25, -0.2) is 12.8 Å². The number of rotatable bonds is 2. The van der Waals surface area contributed by atoms with Crippen LogP contribution in [0.5, 0.6) is 0 Å². The van der Waals surface area contributed by atoms with Crippen molar-refractivity contribution in [2.24, 2.45) is 0 Å². The molecule has 0 aliphatic heterocycles. The van der Waals surface area contributed by atoms with Gasteiger partial charge in [0.25, 0.3) is 0 Å². The molecule has 0 saturated carbocycles. The van der Waals surface area contributed by atoms with Gasteiger partial charge >= 0.3 is 0 Å². The highest BCUT2D eigenvalue weighted by molar-refractivity contribution is 7.90. The largest absolute Gasteiger partial charge is 0.392 e. The molecule has 3 nitrogen and oxygen atoms in total. The van der Waals surface area contributed by atoms with Gasteiger partial charge < -0.3 is 5.11 Å². The lowest BCUT2D eigenvalue weighted by atomic mass is 10.2. The van der Waals surface area contributed by atoms with Crippen LogP contribution in [0.25, 0.3) is 0 Å². The van der Waals surface area contributed by atoms with Crippen molar-refractivity contribution >= 4 is 9.84 Å². The lowest BCUT2D eigenvalue weighted by Crippen LogP contribution is -1.99. The molecule has 0 heterocycles. The summed E-state index contributed by atoms with van der Waals surface area (Å²) in [5.41, 5.74) is 0.0902. The van der Waals surface area contributed by atoms with Gasteiger partial charge in [0.2, 0.25) is 0 Å². The number of aliphatic hydroxyl groups excluding tert-OH is 1. The Morgan fingerprint density at radius 3 is 2.46 bits per heavy atom. The normalized spacial score (nSPS) is 11.6. The summed E-state index contributed by atoms with van der Waals surface area (Å²) in [5.74, 6) is -0.703. The van der Waals surface area contributed by atoms with E-state index in [0.29, 0.717) is 0 Å². The molecule has 0 fully saturated rings. The van der Waals surface area contributed by atoms with Crippen molar-refractivity contribution in [1.82, 2.24) is 0 Å². The van der Waals surface area contributed by atoms with Crippen molar-refractivity contribution in [1.29, 1.82) is 0 Å². The Kier molecular flexibility index (Phi) is 2.68. The van der Waals surface area contributed by atoms with Crippen molar-refractivity contribution in [3.05, 3.63) is 29.6 Å². The van der Waals surface area contributed by atoms with E-state index in [4.69, 9.17) is 5.11 Å². The Balaban J connectivity index is 3.26. The van der Waals surface area contributed by atoms with E-state index in [-0.39, 0.29) is 10.5 Å². The fraction of sp³-hybridized carbons (Fsp3) is 0.250. The predicted molar refractivity (Wildman–Crippen MR) is 45.4 cm³/mol. The van der Waals surface area contributed by atoms with Crippen LogP contribution in [0, 0.1) is 5.82 Å². The van der Waals surface area contributed by atoms with Crippen molar-refractivity contribution in [3.63, 3.8) is 0 Å². The minimum absolute atomic E-state index is 0.0813. The third-order valence-electron chi connectivity index (χ3n) is 1.62. The molecule has 5 heteroatoms. The van der Waals surface area contributed by atoms with Crippen LogP contribution in [0.4, 0.5) is 4.39 Å². The summed E-state index contributed by atoms with van der Waals surface area (Å²) in [5, 5.41) is 8.62. The molecule has 1 N–H and O–H groups in total. The Morgan fingerprint density at radius 2 is 2.08 bits per heavy atom. The van der Waals surface area contributed by atoms with E-state index in [1.165, 1.54) is 12.1 Å². The molecule has 0 aliphatic carbocycles. The van der Waals surface area contributed by atoms with Crippen LogP contribution in [-0.4, -0.2) is 19.8 Å². The average Bonchev–Trinajstić information content (AvgIpc) is 2.02. The van der Waals surface area contributed by atoms with Crippen LogP contribution < -0.4 is 0 Å². The molecule has 0 aromatic heterocycles. The summed E-state index contributed by atoms with van der Waals surface area (Å²) in [6, 6.07) is 3.43. The van der Waals surface area contributed by atoms with Gasteiger partial charge in [0.05, 0.1) is 11.5 Å². The van der Waals surface area contributed by atoms with E-state index in [0.717, 1.165) is 12.3 Å². The first kappa shape index (κ1) is 10.1. The zero-order valence-corrected chi connectivity index (χ0v) is 7.81. The van der Waals surface area contributed by atoms with Crippen molar-refractivity contribution in [3.8, 4) is 0 Å². The Hall–Kier alpha value is -0.940. The molecule has 13 heavy (non-hydrogen) atoms. The van der Waals surface area contributed by atoms with Gasteiger partial charge in [0.15, 0.2) is 9.84 Å². The van der Waals surface area contributed by atoms with E-state index in [1.54, 1.807) is 0 Å². The maximum absolute atomic E-state index is 13.0. The molecule has 0 radical (unpaired) electrons. The van der Waals surface area contributed by atoms with Crippen LogP contribution in [0.3, 0.4) is 0 Å². The fourth-order valence-corrected chi connectivity index (χ4v) is 1.52.